The van der Waals surface area contributed by atoms with Gasteiger partial charge in [0, 0.05) is 35.7 Å². The number of unbranched alkanes of at least 4 members (excludes halogenated alkanes) is 1. The molecule has 2 N–H and O–H groups in total. The van der Waals surface area contributed by atoms with E-state index in [0.29, 0.717) is 5.69 Å². The van der Waals surface area contributed by atoms with Gasteiger partial charge >= 0.3 is 5.97 Å². The zero-order chi connectivity index (χ0) is 27.2. The summed E-state index contributed by atoms with van der Waals surface area (Å²) in [5, 5.41) is 14.3. The van der Waals surface area contributed by atoms with E-state index in [4.69, 9.17) is 4.74 Å². The Balaban J connectivity index is 0.000000356. The van der Waals surface area contributed by atoms with Crippen molar-refractivity contribution in [3.05, 3.63) is 83.6 Å². The van der Waals surface area contributed by atoms with Crippen LogP contribution in [0.5, 0.6) is 5.75 Å². The zero-order valence-electron chi connectivity index (χ0n) is 23.2. The number of carboxylic acid groups (broad SMARTS) is 1. The number of fused-ring (bicyclic) bond motifs is 1. The number of carboxylic acids is 1. The standard InChI is InChI=1S/C24H30N2O2.C8H10O/c1-6-7-14-25-18-12-13-20-19(15-18)21(22(23(27)28)26(20)5)16-8-10-17(11-9-16)24(2,3)4;1-7-4-3-5-8(6-7)9-2/h8-13,15,25H,6-7,14H2,1-5H3,(H,27,28);3-6H,1-2H3. The molecule has 0 saturated carbocycles. The topological polar surface area (TPSA) is 63.5 Å². The predicted octanol–water partition coefficient (Wildman–Crippen LogP) is 8.06. The lowest BCUT2D eigenvalue weighted by Gasteiger charge is -2.19. The molecule has 4 rings (SSSR count). The number of nitrogens with one attached hydrogen (secondary N) is 1. The van der Waals surface area contributed by atoms with Gasteiger partial charge in [0.1, 0.15) is 11.4 Å². The Morgan fingerprint density at radius 1 is 1.03 bits per heavy atom. The Kier molecular flexibility index (Phi) is 9.04. The molecule has 0 radical (unpaired) electrons. The number of methoxy groups -OCH3 is 1. The number of aryl methyl sites for hydroxylation is 2. The van der Waals surface area contributed by atoms with E-state index in [9.17, 15) is 9.90 Å². The fourth-order valence-corrected chi connectivity index (χ4v) is 4.39. The highest BCUT2D eigenvalue weighted by molar-refractivity contribution is 6.08. The van der Waals surface area contributed by atoms with E-state index < -0.39 is 5.97 Å². The molecule has 0 bridgehead atoms. The summed E-state index contributed by atoms with van der Waals surface area (Å²) in [6.45, 7) is 11.7. The number of anilines is 1. The second-order valence-electron chi connectivity index (χ2n) is 10.4. The van der Waals surface area contributed by atoms with Crippen molar-refractivity contribution >= 4 is 22.6 Å². The smallest absolute Gasteiger partial charge is 0.353 e. The van der Waals surface area contributed by atoms with Gasteiger partial charge in [-0.25, -0.2) is 4.79 Å². The number of nitrogens with zero attached hydrogens (tertiary/aromatic N) is 1. The van der Waals surface area contributed by atoms with Gasteiger partial charge in [0.05, 0.1) is 7.11 Å². The van der Waals surface area contributed by atoms with Crippen molar-refractivity contribution in [2.45, 2.75) is 52.9 Å². The molecule has 0 atom stereocenters. The molecule has 3 aromatic carbocycles. The van der Waals surface area contributed by atoms with Gasteiger partial charge in [-0.15, -0.1) is 0 Å². The van der Waals surface area contributed by atoms with E-state index in [2.05, 4.69) is 51.2 Å². The largest absolute Gasteiger partial charge is 0.497 e. The number of carbonyl (C=O) groups is 1. The summed E-state index contributed by atoms with van der Waals surface area (Å²) in [5.74, 6) is 0.0177. The molecular weight excluding hydrogens is 460 g/mol. The van der Waals surface area contributed by atoms with Crippen molar-refractivity contribution in [3.63, 3.8) is 0 Å². The molecule has 0 saturated heterocycles. The van der Waals surface area contributed by atoms with Gasteiger partial charge in [-0.3, -0.25) is 0 Å². The molecule has 4 aromatic rings. The van der Waals surface area contributed by atoms with Crippen LogP contribution in [0.3, 0.4) is 0 Å². The van der Waals surface area contributed by atoms with Crippen molar-refractivity contribution in [2.75, 3.05) is 19.0 Å². The molecule has 37 heavy (non-hydrogen) atoms. The van der Waals surface area contributed by atoms with Crippen molar-refractivity contribution in [1.82, 2.24) is 4.57 Å². The van der Waals surface area contributed by atoms with Crippen LogP contribution in [0.25, 0.3) is 22.0 Å². The number of benzene rings is 3. The van der Waals surface area contributed by atoms with Gasteiger partial charge in [0.15, 0.2) is 0 Å². The SMILES string of the molecule is CCCCNc1ccc2c(c1)c(-c1ccc(C(C)(C)C)cc1)c(C(=O)O)n2C.COc1cccc(C)c1. The Morgan fingerprint density at radius 3 is 2.27 bits per heavy atom. The molecule has 1 aromatic heterocycles. The Bertz CT molecular complexity index is 1350. The number of ether oxygens (including phenoxy) is 1. The Hall–Kier alpha value is -3.73. The van der Waals surface area contributed by atoms with Crippen LogP contribution in [-0.2, 0) is 12.5 Å². The second kappa shape index (κ2) is 12.0. The summed E-state index contributed by atoms with van der Waals surface area (Å²) in [4.78, 5) is 12.1. The number of rotatable bonds is 7. The molecular formula is C32H40N2O3. The minimum atomic E-state index is -0.908. The number of aromatic carboxylic acids is 1. The highest BCUT2D eigenvalue weighted by atomic mass is 16.5. The summed E-state index contributed by atoms with van der Waals surface area (Å²) < 4.78 is 6.77. The van der Waals surface area contributed by atoms with E-state index in [1.807, 2.05) is 62.5 Å². The molecule has 196 valence electrons. The van der Waals surface area contributed by atoms with E-state index in [1.54, 1.807) is 11.7 Å². The lowest BCUT2D eigenvalue weighted by molar-refractivity contribution is 0.0688. The third kappa shape index (κ3) is 6.73. The van der Waals surface area contributed by atoms with Gasteiger partial charge in [-0.05, 0) is 65.8 Å². The summed E-state index contributed by atoms with van der Waals surface area (Å²) in [6.07, 6.45) is 2.24. The van der Waals surface area contributed by atoms with Crippen LogP contribution < -0.4 is 10.1 Å². The van der Waals surface area contributed by atoms with Crippen LogP contribution in [0.1, 0.15) is 62.2 Å². The molecule has 0 aliphatic rings. The van der Waals surface area contributed by atoms with Crippen LogP contribution in [0, 0.1) is 6.92 Å². The van der Waals surface area contributed by atoms with Crippen LogP contribution in [0.15, 0.2) is 66.7 Å². The summed E-state index contributed by atoms with van der Waals surface area (Å²) in [7, 11) is 3.50. The average molecular weight is 501 g/mol. The molecule has 0 amide bonds. The van der Waals surface area contributed by atoms with Crippen LogP contribution >= 0.6 is 0 Å². The van der Waals surface area contributed by atoms with Crippen molar-refractivity contribution in [2.24, 2.45) is 7.05 Å². The van der Waals surface area contributed by atoms with E-state index in [-0.39, 0.29) is 5.41 Å². The molecule has 0 aliphatic heterocycles. The van der Waals surface area contributed by atoms with Crippen molar-refractivity contribution in [3.8, 4) is 16.9 Å². The first kappa shape index (κ1) is 27.9. The van der Waals surface area contributed by atoms with Crippen LogP contribution in [0.4, 0.5) is 5.69 Å². The second-order valence-corrected chi connectivity index (χ2v) is 10.4. The van der Waals surface area contributed by atoms with Gasteiger partial charge in [0.2, 0.25) is 0 Å². The third-order valence-corrected chi connectivity index (χ3v) is 6.53. The molecule has 0 spiro atoms. The van der Waals surface area contributed by atoms with Crippen LogP contribution in [0.2, 0.25) is 0 Å². The van der Waals surface area contributed by atoms with Gasteiger partial charge < -0.3 is 19.7 Å². The third-order valence-electron chi connectivity index (χ3n) is 6.53. The Morgan fingerprint density at radius 2 is 1.73 bits per heavy atom. The highest BCUT2D eigenvalue weighted by Crippen LogP contribution is 2.37. The monoisotopic (exact) mass is 500 g/mol. The highest BCUT2D eigenvalue weighted by Gasteiger charge is 2.23. The lowest BCUT2D eigenvalue weighted by atomic mass is 9.86. The molecule has 5 heteroatoms. The summed E-state index contributed by atoms with van der Waals surface area (Å²) in [5.41, 5.74) is 6.51. The van der Waals surface area contributed by atoms with Crippen molar-refractivity contribution in [1.29, 1.82) is 0 Å². The van der Waals surface area contributed by atoms with E-state index in [1.165, 1.54) is 11.1 Å². The first-order chi connectivity index (χ1) is 17.6. The minimum Gasteiger partial charge on any atom is -0.497 e. The number of aromatic nitrogens is 1. The van der Waals surface area contributed by atoms with Crippen LogP contribution in [-0.4, -0.2) is 29.3 Å². The maximum atomic E-state index is 12.1. The minimum absolute atomic E-state index is 0.0588. The van der Waals surface area contributed by atoms with E-state index >= 15 is 0 Å². The quantitative estimate of drug-likeness (QED) is 0.252. The maximum absolute atomic E-state index is 12.1. The number of hydrogen-bond donors (Lipinski definition) is 2. The van der Waals surface area contributed by atoms with Gasteiger partial charge in [0.25, 0.3) is 0 Å². The number of hydrogen-bond acceptors (Lipinski definition) is 3. The maximum Gasteiger partial charge on any atom is 0.353 e. The molecule has 5 nitrogen and oxygen atoms in total. The van der Waals surface area contributed by atoms with Gasteiger partial charge in [-0.2, -0.15) is 0 Å². The summed E-state index contributed by atoms with van der Waals surface area (Å²) in [6, 6.07) is 22.3. The van der Waals surface area contributed by atoms with E-state index in [0.717, 1.165) is 52.9 Å². The summed E-state index contributed by atoms with van der Waals surface area (Å²) >= 11 is 0. The fraction of sp³-hybridized carbons (Fsp3) is 0.344. The molecule has 0 fully saturated rings. The lowest BCUT2D eigenvalue weighted by Crippen LogP contribution is -2.10. The average Bonchev–Trinajstić information content (AvgIpc) is 3.16. The molecule has 0 unspecified atom stereocenters. The first-order valence-electron chi connectivity index (χ1n) is 12.9. The molecule has 1 heterocycles. The first-order valence-corrected chi connectivity index (χ1v) is 12.9. The Labute approximate surface area is 221 Å². The van der Waals surface area contributed by atoms with Crippen molar-refractivity contribution < 1.29 is 14.6 Å². The fourth-order valence-electron chi connectivity index (χ4n) is 4.39. The normalized spacial score (nSPS) is 11.1. The predicted molar refractivity (Wildman–Crippen MR) is 155 cm³/mol. The zero-order valence-corrected chi connectivity index (χ0v) is 23.2. The van der Waals surface area contributed by atoms with Gasteiger partial charge in [-0.1, -0.05) is 70.5 Å². The molecule has 0 aliphatic carbocycles.